The highest BCUT2D eigenvalue weighted by Gasteiger charge is 2.24. The Labute approximate surface area is 195 Å². The van der Waals surface area contributed by atoms with Gasteiger partial charge in [-0.2, -0.15) is 0 Å². The predicted molar refractivity (Wildman–Crippen MR) is 130 cm³/mol. The minimum atomic E-state index is -3.94. The molecule has 1 aliphatic heterocycles. The summed E-state index contributed by atoms with van der Waals surface area (Å²) in [5.41, 5.74) is 2.41. The highest BCUT2D eigenvalue weighted by molar-refractivity contribution is 7.92. The lowest BCUT2D eigenvalue weighted by molar-refractivity contribution is 0.0758. The molecule has 0 radical (unpaired) electrons. The van der Waals surface area contributed by atoms with Gasteiger partial charge in [-0.1, -0.05) is 61.4 Å². The van der Waals surface area contributed by atoms with Gasteiger partial charge in [0.25, 0.3) is 15.9 Å². The quantitative estimate of drug-likeness (QED) is 0.545. The summed E-state index contributed by atoms with van der Waals surface area (Å²) in [5, 5.41) is 0. The van der Waals surface area contributed by atoms with E-state index in [9.17, 15) is 13.2 Å². The molecule has 172 valence electrons. The minimum Gasteiger partial charge on any atom is -0.496 e. The molecule has 1 N–H and O–H groups in total. The third kappa shape index (κ3) is 5.20. The topological polar surface area (TPSA) is 75.7 Å². The Bertz CT molecular complexity index is 1220. The van der Waals surface area contributed by atoms with Crippen molar-refractivity contribution in [2.75, 3.05) is 24.9 Å². The Morgan fingerprint density at radius 1 is 0.879 bits per heavy atom. The Balaban J connectivity index is 1.67. The summed E-state index contributed by atoms with van der Waals surface area (Å²) in [4.78, 5) is 15.0. The van der Waals surface area contributed by atoms with E-state index in [0.29, 0.717) is 24.5 Å². The van der Waals surface area contributed by atoms with Crippen molar-refractivity contribution in [3.8, 4) is 16.9 Å². The number of sulfonamides is 1. The van der Waals surface area contributed by atoms with Crippen molar-refractivity contribution in [1.82, 2.24) is 4.90 Å². The van der Waals surface area contributed by atoms with E-state index < -0.39 is 10.0 Å². The van der Waals surface area contributed by atoms with E-state index in [1.165, 1.54) is 19.2 Å². The van der Waals surface area contributed by atoms with Crippen LogP contribution in [0, 0.1) is 0 Å². The van der Waals surface area contributed by atoms with Gasteiger partial charge in [-0.25, -0.2) is 8.42 Å². The molecule has 7 heteroatoms. The summed E-state index contributed by atoms with van der Waals surface area (Å²) in [6.07, 6.45) is 4.09. The van der Waals surface area contributed by atoms with Gasteiger partial charge in [-0.05, 0) is 42.7 Å². The van der Waals surface area contributed by atoms with Crippen LogP contribution in [0.3, 0.4) is 0 Å². The SMILES string of the molecule is COc1ccc(S(=O)(=O)Nc2ccccc2-c2ccccc2)cc1C(=O)N1CCCCCC1. The smallest absolute Gasteiger partial charge is 0.261 e. The van der Waals surface area contributed by atoms with Gasteiger partial charge in [-0.15, -0.1) is 0 Å². The molecule has 0 unspecified atom stereocenters. The van der Waals surface area contributed by atoms with E-state index in [4.69, 9.17) is 4.74 Å². The fourth-order valence-corrected chi connectivity index (χ4v) is 5.22. The number of carbonyl (C=O) groups excluding carboxylic acids is 1. The first-order valence-electron chi connectivity index (χ1n) is 11.1. The second-order valence-corrected chi connectivity index (χ2v) is 9.77. The molecule has 6 nitrogen and oxygen atoms in total. The average Bonchev–Trinajstić information content (AvgIpc) is 3.13. The molecule has 0 saturated carbocycles. The summed E-state index contributed by atoms with van der Waals surface area (Å²) >= 11 is 0. The van der Waals surface area contributed by atoms with E-state index in [0.717, 1.165) is 36.8 Å². The summed E-state index contributed by atoms with van der Waals surface area (Å²) < 4.78 is 34.7. The van der Waals surface area contributed by atoms with Crippen molar-refractivity contribution in [2.45, 2.75) is 30.6 Å². The minimum absolute atomic E-state index is 0.0179. The number of nitrogens with one attached hydrogen (secondary N) is 1. The van der Waals surface area contributed by atoms with Crippen LogP contribution in [-0.4, -0.2) is 39.4 Å². The van der Waals surface area contributed by atoms with Crippen molar-refractivity contribution in [3.63, 3.8) is 0 Å². The van der Waals surface area contributed by atoms with Crippen molar-refractivity contribution < 1.29 is 17.9 Å². The highest BCUT2D eigenvalue weighted by Crippen LogP contribution is 2.31. The van der Waals surface area contributed by atoms with Crippen LogP contribution in [0.4, 0.5) is 5.69 Å². The first-order chi connectivity index (χ1) is 16.0. The fourth-order valence-electron chi connectivity index (χ4n) is 4.11. The number of rotatable bonds is 6. The highest BCUT2D eigenvalue weighted by atomic mass is 32.2. The second kappa shape index (κ2) is 10.1. The van der Waals surface area contributed by atoms with Gasteiger partial charge in [0.15, 0.2) is 0 Å². The number of nitrogens with zero attached hydrogens (tertiary/aromatic N) is 1. The molecule has 1 aliphatic rings. The van der Waals surface area contributed by atoms with Gasteiger partial charge in [-0.3, -0.25) is 9.52 Å². The number of hydrogen-bond donors (Lipinski definition) is 1. The van der Waals surface area contributed by atoms with Crippen LogP contribution >= 0.6 is 0 Å². The molecule has 1 amide bonds. The van der Waals surface area contributed by atoms with Crippen LogP contribution < -0.4 is 9.46 Å². The van der Waals surface area contributed by atoms with Gasteiger partial charge in [0, 0.05) is 18.7 Å². The lowest BCUT2D eigenvalue weighted by Crippen LogP contribution is -2.32. The first-order valence-corrected chi connectivity index (χ1v) is 12.6. The van der Waals surface area contributed by atoms with E-state index in [1.54, 1.807) is 23.1 Å². The van der Waals surface area contributed by atoms with Crippen molar-refractivity contribution in [1.29, 1.82) is 0 Å². The van der Waals surface area contributed by atoms with Crippen LogP contribution in [0.2, 0.25) is 0 Å². The Morgan fingerprint density at radius 2 is 1.55 bits per heavy atom. The van der Waals surface area contributed by atoms with E-state index >= 15 is 0 Å². The fraction of sp³-hybridized carbons (Fsp3) is 0.269. The van der Waals surface area contributed by atoms with E-state index in [1.807, 2.05) is 42.5 Å². The van der Waals surface area contributed by atoms with Crippen LogP contribution in [0.1, 0.15) is 36.0 Å². The number of likely N-dealkylation sites (tertiary alicyclic amines) is 1. The van der Waals surface area contributed by atoms with Gasteiger partial charge in [0.05, 0.1) is 23.3 Å². The molecule has 0 bridgehead atoms. The molecule has 0 atom stereocenters. The van der Waals surface area contributed by atoms with E-state index in [2.05, 4.69) is 4.72 Å². The molecule has 0 spiro atoms. The van der Waals surface area contributed by atoms with Crippen LogP contribution in [0.25, 0.3) is 11.1 Å². The third-order valence-electron chi connectivity index (χ3n) is 5.86. The maximum Gasteiger partial charge on any atom is 0.261 e. The van der Waals surface area contributed by atoms with Crippen molar-refractivity contribution >= 4 is 21.6 Å². The molecular weight excluding hydrogens is 436 g/mol. The molecule has 1 heterocycles. The zero-order valence-electron chi connectivity index (χ0n) is 18.7. The number of ether oxygens (including phenoxy) is 1. The van der Waals surface area contributed by atoms with Crippen LogP contribution in [-0.2, 0) is 10.0 Å². The van der Waals surface area contributed by atoms with Gasteiger partial charge >= 0.3 is 0 Å². The molecular formula is C26H28N2O4S. The lowest BCUT2D eigenvalue weighted by atomic mass is 10.0. The molecule has 33 heavy (non-hydrogen) atoms. The normalized spacial score (nSPS) is 14.4. The zero-order valence-corrected chi connectivity index (χ0v) is 19.5. The third-order valence-corrected chi connectivity index (χ3v) is 7.22. The zero-order chi connectivity index (χ0) is 23.3. The van der Waals surface area contributed by atoms with Crippen LogP contribution in [0.15, 0.2) is 77.7 Å². The molecule has 4 rings (SSSR count). The maximum absolute atomic E-state index is 13.3. The Kier molecular flexibility index (Phi) is 6.99. The van der Waals surface area contributed by atoms with Gasteiger partial charge in [0.1, 0.15) is 5.75 Å². The molecule has 1 saturated heterocycles. The number of benzene rings is 3. The maximum atomic E-state index is 13.3. The Hall–Kier alpha value is -3.32. The lowest BCUT2D eigenvalue weighted by Gasteiger charge is -2.22. The summed E-state index contributed by atoms with van der Waals surface area (Å²) in [6, 6.07) is 21.3. The standard InChI is InChI=1S/C26H28N2O4S/c1-32-25-16-15-21(19-23(25)26(29)28-17-9-2-3-10-18-28)33(30,31)27-24-14-8-7-13-22(24)20-11-5-4-6-12-20/h4-8,11-16,19,27H,2-3,9-10,17-18H2,1H3. The summed E-state index contributed by atoms with van der Waals surface area (Å²) in [5.74, 6) is 0.170. The first kappa shape index (κ1) is 22.9. The molecule has 1 fully saturated rings. The number of hydrogen-bond acceptors (Lipinski definition) is 4. The van der Waals surface area contributed by atoms with Gasteiger partial charge < -0.3 is 9.64 Å². The average molecular weight is 465 g/mol. The van der Waals surface area contributed by atoms with Crippen molar-refractivity contribution in [3.05, 3.63) is 78.4 Å². The molecule has 0 aliphatic carbocycles. The second-order valence-electron chi connectivity index (χ2n) is 8.09. The number of para-hydroxylation sites is 1. The summed E-state index contributed by atoms with van der Waals surface area (Å²) in [6.45, 7) is 1.34. The molecule has 3 aromatic carbocycles. The number of methoxy groups -OCH3 is 1. The van der Waals surface area contributed by atoms with Crippen molar-refractivity contribution in [2.24, 2.45) is 0 Å². The predicted octanol–water partition coefficient (Wildman–Crippen LogP) is 5.18. The number of amides is 1. The molecule has 0 aromatic heterocycles. The molecule has 3 aromatic rings. The van der Waals surface area contributed by atoms with Gasteiger partial charge in [0.2, 0.25) is 0 Å². The largest absolute Gasteiger partial charge is 0.496 e. The monoisotopic (exact) mass is 464 g/mol. The van der Waals surface area contributed by atoms with Crippen LogP contribution in [0.5, 0.6) is 5.75 Å². The number of anilines is 1. The van der Waals surface area contributed by atoms with E-state index in [-0.39, 0.29) is 16.4 Å². The Morgan fingerprint density at radius 3 is 2.24 bits per heavy atom. The number of carbonyl (C=O) groups is 1. The summed E-state index contributed by atoms with van der Waals surface area (Å²) in [7, 11) is -2.46.